The fraction of sp³-hybridized carbons (Fsp3) is 0.349. The van der Waals surface area contributed by atoms with Crippen LogP contribution in [-0.2, 0) is 0 Å². The van der Waals surface area contributed by atoms with E-state index in [4.69, 9.17) is 8.83 Å². The van der Waals surface area contributed by atoms with Gasteiger partial charge in [0.05, 0.1) is 17.2 Å². The molecule has 0 N–H and O–H groups in total. The lowest BCUT2D eigenvalue weighted by atomic mass is 9.85. The molecule has 2 aromatic heterocycles. The molecule has 1 aliphatic carbocycles. The van der Waals surface area contributed by atoms with Crippen LogP contribution in [0, 0.1) is 0 Å². The number of allylic oxidation sites excluding steroid dienone is 2. The molecule has 50 heavy (non-hydrogen) atoms. The molecule has 3 aromatic carbocycles. The van der Waals surface area contributed by atoms with Crippen LogP contribution in [0.5, 0.6) is 0 Å². The predicted molar refractivity (Wildman–Crippen MR) is 208 cm³/mol. The van der Waals surface area contributed by atoms with Crippen LogP contribution in [0.4, 0.5) is 17.1 Å². The van der Waals surface area contributed by atoms with Crippen molar-refractivity contribution in [1.82, 2.24) is 0 Å². The Hall–Kier alpha value is -5.04. The van der Waals surface area contributed by atoms with Crippen molar-refractivity contribution in [2.75, 3.05) is 47.9 Å². The van der Waals surface area contributed by atoms with Crippen molar-refractivity contribution in [2.45, 2.75) is 65.3 Å². The summed E-state index contributed by atoms with van der Waals surface area (Å²) < 4.78 is 11.9. The Kier molecular flexibility index (Phi) is 9.41. The number of benzene rings is 3. The first-order chi connectivity index (χ1) is 24.3. The van der Waals surface area contributed by atoms with E-state index in [0.29, 0.717) is 22.3 Å². The van der Waals surface area contributed by atoms with Crippen LogP contribution in [0.15, 0.2) is 103 Å². The lowest BCUT2D eigenvalue weighted by molar-refractivity contribution is 0.558. The average Bonchev–Trinajstić information content (AvgIpc) is 3.41. The normalized spacial score (nSPS) is 16.5. The van der Waals surface area contributed by atoms with Crippen molar-refractivity contribution in [1.29, 1.82) is 0 Å². The van der Waals surface area contributed by atoms with Crippen molar-refractivity contribution >= 4 is 44.6 Å². The van der Waals surface area contributed by atoms with Gasteiger partial charge in [0.15, 0.2) is 0 Å². The summed E-state index contributed by atoms with van der Waals surface area (Å²) in [5.41, 5.74) is 7.63. The zero-order valence-electron chi connectivity index (χ0n) is 29.9. The number of nitrogens with zero attached hydrogens (tertiary/aromatic N) is 3. The van der Waals surface area contributed by atoms with E-state index >= 15 is 0 Å². The van der Waals surface area contributed by atoms with Gasteiger partial charge in [-0.2, -0.15) is 0 Å². The highest BCUT2D eigenvalue weighted by Gasteiger charge is 2.36. The topological polar surface area (TPSA) is 70.1 Å². The highest BCUT2D eigenvalue weighted by Crippen LogP contribution is 2.46. The lowest BCUT2D eigenvalue weighted by Crippen LogP contribution is -2.29. The molecule has 1 aliphatic heterocycles. The summed E-state index contributed by atoms with van der Waals surface area (Å²) in [5, 5.41) is 1.79. The Morgan fingerprint density at radius 1 is 0.700 bits per heavy atom. The molecular weight excluding hydrogens is 622 g/mol. The van der Waals surface area contributed by atoms with E-state index in [0.717, 1.165) is 96.4 Å². The second-order valence-corrected chi connectivity index (χ2v) is 13.6. The van der Waals surface area contributed by atoms with E-state index in [9.17, 15) is 9.59 Å². The number of likely N-dealkylation sites (N-methyl/N-ethyl adjacent to an activating group) is 1. The first-order valence-corrected chi connectivity index (χ1v) is 18.3. The summed E-state index contributed by atoms with van der Waals surface area (Å²) >= 11 is 0. The summed E-state index contributed by atoms with van der Waals surface area (Å²) in [6.45, 7) is 12.4. The molecule has 5 aromatic rings. The van der Waals surface area contributed by atoms with Gasteiger partial charge in [0.2, 0.25) is 0 Å². The number of fused-ring (bicyclic) bond motifs is 5. The number of anilines is 3. The smallest absolute Gasteiger partial charge is 0.344 e. The van der Waals surface area contributed by atoms with Crippen LogP contribution in [0.3, 0.4) is 0 Å². The summed E-state index contributed by atoms with van der Waals surface area (Å²) in [4.78, 5) is 33.8. The molecule has 0 spiro atoms. The molecule has 0 amide bonds. The van der Waals surface area contributed by atoms with Gasteiger partial charge in [0.25, 0.3) is 0 Å². The maximum Gasteiger partial charge on any atom is 0.344 e. The molecule has 0 saturated heterocycles. The number of unbranched alkanes of at least 4 members (excludes halogenated alkanes) is 2. The van der Waals surface area contributed by atoms with Crippen molar-refractivity contribution in [3.63, 3.8) is 0 Å². The fourth-order valence-corrected chi connectivity index (χ4v) is 7.62. The van der Waals surface area contributed by atoms with Crippen molar-refractivity contribution in [3.05, 3.63) is 117 Å². The van der Waals surface area contributed by atoms with Crippen LogP contribution >= 0.6 is 0 Å². The quantitative estimate of drug-likeness (QED) is 0.123. The van der Waals surface area contributed by atoms with E-state index in [1.165, 1.54) is 0 Å². The van der Waals surface area contributed by atoms with Crippen molar-refractivity contribution in [2.24, 2.45) is 0 Å². The summed E-state index contributed by atoms with van der Waals surface area (Å²) in [6.07, 6.45) is 10.9. The lowest BCUT2D eigenvalue weighted by Gasteiger charge is -2.26. The Morgan fingerprint density at radius 3 is 1.92 bits per heavy atom. The van der Waals surface area contributed by atoms with Crippen molar-refractivity contribution < 1.29 is 8.83 Å². The molecule has 7 heteroatoms. The first-order valence-electron chi connectivity index (χ1n) is 18.3. The largest absolute Gasteiger partial charge is 0.422 e. The molecule has 0 bridgehead atoms. The molecule has 2 aliphatic rings. The third kappa shape index (κ3) is 6.14. The SMILES string of the molecule is CCCCN(CCCC)c1ccc2cc(C3=CC4c5cc(-c6cc7ccc(N(CC)CC)cc7oc6=O)ccc5N(C)C4C=C3)c(=O)oc2c1. The summed E-state index contributed by atoms with van der Waals surface area (Å²) in [7, 11) is 2.09. The van der Waals surface area contributed by atoms with E-state index in [1.54, 1.807) is 0 Å². The number of rotatable bonds is 12. The Bertz CT molecular complexity index is 2220. The molecule has 2 unspecified atom stereocenters. The van der Waals surface area contributed by atoms with Crippen LogP contribution in [0.2, 0.25) is 0 Å². The van der Waals surface area contributed by atoms with E-state index in [2.05, 4.69) is 91.9 Å². The van der Waals surface area contributed by atoms with Crippen LogP contribution in [0.25, 0.3) is 38.6 Å². The fourth-order valence-electron chi connectivity index (χ4n) is 7.62. The third-order valence-electron chi connectivity index (χ3n) is 10.5. The van der Waals surface area contributed by atoms with Gasteiger partial charge in [-0.25, -0.2) is 9.59 Å². The summed E-state index contributed by atoms with van der Waals surface area (Å²) in [5.74, 6) is 0.00207. The maximum absolute atomic E-state index is 13.5. The average molecular weight is 670 g/mol. The number of hydrogen-bond donors (Lipinski definition) is 0. The first kappa shape index (κ1) is 33.5. The van der Waals surface area contributed by atoms with E-state index < -0.39 is 0 Å². The second kappa shape index (κ2) is 14.1. The van der Waals surface area contributed by atoms with E-state index in [-0.39, 0.29) is 23.2 Å². The van der Waals surface area contributed by atoms with Crippen LogP contribution in [0.1, 0.15) is 70.4 Å². The predicted octanol–water partition coefficient (Wildman–Crippen LogP) is 9.37. The Morgan fingerprint density at radius 2 is 1.30 bits per heavy atom. The minimum Gasteiger partial charge on any atom is -0.422 e. The minimum atomic E-state index is -0.354. The highest BCUT2D eigenvalue weighted by atomic mass is 16.4. The zero-order valence-corrected chi connectivity index (χ0v) is 29.9. The molecule has 0 fully saturated rings. The monoisotopic (exact) mass is 669 g/mol. The van der Waals surface area contributed by atoms with Gasteiger partial charge in [-0.05, 0) is 91.9 Å². The van der Waals surface area contributed by atoms with E-state index in [1.807, 2.05) is 42.5 Å². The van der Waals surface area contributed by atoms with Gasteiger partial charge in [-0.1, -0.05) is 51.0 Å². The van der Waals surface area contributed by atoms with Crippen LogP contribution < -0.4 is 26.0 Å². The standard InChI is InChI=1S/C43H47N3O4/c1-6-10-20-46(21-11-7-2)33-17-13-31-25-35(43(48)50-41(31)27-33)29-15-19-39-37(23-29)36-22-28(14-18-38(36)44(39)5)34-24-30-12-16-32(45(8-3)9-4)26-40(30)49-42(34)47/h12-19,22-27,37,39H,6-11,20-21H2,1-5H3. The van der Waals surface area contributed by atoms with Gasteiger partial charge in [-0.15, -0.1) is 0 Å². The van der Waals surface area contributed by atoms with Gasteiger partial charge < -0.3 is 23.5 Å². The molecular formula is C43H47N3O4. The highest BCUT2D eigenvalue weighted by molar-refractivity contribution is 5.88. The van der Waals surface area contributed by atoms with Gasteiger partial charge in [-0.3, -0.25) is 0 Å². The molecule has 7 rings (SSSR count). The van der Waals surface area contributed by atoms with Crippen LogP contribution in [-0.4, -0.2) is 39.3 Å². The van der Waals surface area contributed by atoms with Gasteiger partial charge in [0, 0.05) is 79.1 Å². The molecule has 3 heterocycles. The maximum atomic E-state index is 13.5. The van der Waals surface area contributed by atoms with Gasteiger partial charge in [0.1, 0.15) is 11.2 Å². The zero-order chi connectivity index (χ0) is 34.9. The molecule has 2 atom stereocenters. The molecule has 0 saturated carbocycles. The minimum absolute atomic E-state index is 0.00207. The van der Waals surface area contributed by atoms with Crippen molar-refractivity contribution in [3.8, 4) is 11.1 Å². The molecule has 0 radical (unpaired) electrons. The Balaban J connectivity index is 1.21. The Labute approximate surface area is 294 Å². The molecule has 258 valence electrons. The summed E-state index contributed by atoms with van der Waals surface area (Å²) in [6, 6.07) is 22.5. The second-order valence-electron chi connectivity index (χ2n) is 13.6. The number of hydrogen-bond acceptors (Lipinski definition) is 7. The third-order valence-corrected chi connectivity index (χ3v) is 10.5. The molecule has 7 nitrogen and oxygen atoms in total. The van der Waals surface area contributed by atoms with Gasteiger partial charge >= 0.3 is 11.3 Å².